The normalized spacial score (nSPS) is 15.9. The highest BCUT2D eigenvalue weighted by Gasteiger charge is 2.40. The summed E-state index contributed by atoms with van der Waals surface area (Å²) in [6.07, 6.45) is 4.32. The van der Waals surface area contributed by atoms with Crippen molar-refractivity contribution >= 4 is 47.4 Å². The molecule has 1 saturated heterocycles. The van der Waals surface area contributed by atoms with Gasteiger partial charge in [-0.3, -0.25) is 28.9 Å². The first-order valence-corrected chi connectivity index (χ1v) is 21.6. The number of aromatic nitrogens is 1. The Labute approximate surface area is 360 Å². The summed E-state index contributed by atoms with van der Waals surface area (Å²) < 4.78 is 37.5. The van der Waals surface area contributed by atoms with Crippen molar-refractivity contribution in [2.75, 3.05) is 50.8 Å². The second kappa shape index (κ2) is 20.4. The Balaban J connectivity index is 1.32. The van der Waals surface area contributed by atoms with Gasteiger partial charge in [0.1, 0.15) is 23.8 Å². The number of rotatable bonds is 17. The van der Waals surface area contributed by atoms with Crippen molar-refractivity contribution in [3.8, 4) is 11.1 Å². The fourth-order valence-electron chi connectivity index (χ4n) is 7.40. The molecular formula is C45H56F2N6O7S. The van der Waals surface area contributed by atoms with Crippen LogP contribution < -0.4 is 10.6 Å². The first kappa shape index (κ1) is 46.6. The number of nitrogens with one attached hydrogen (secondary N) is 2. The molecule has 13 nitrogen and oxygen atoms in total. The van der Waals surface area contributed by atoms with Crippen LogP contribution in [0.1, 0.15) is 71.7 Å². The lowest BCUT2D eigenvalue weighted by molar-refractivity contribution is -0.141. The zero-order chi connectivity index (χ0) is 44.5. The summed E-state index contributed by atoms with van der Waals surface area (Å²) in [5.74, 6) is -2.97. The number of nitrogens with zero attached hydrogens (tertiary/aromatic N) is 4. The van der Waals surface area contributed by atoms with Crippen LogP contribution in [-0.4, -0.2) is 111 Å². The van der Waals surface area contributed by atoms with E-state index in [-0.39, 0.29) is 48.6 Å². The number of thioether (sulfide) groups is 1. The number of hydrogen-bond acceptors (Lipinski definition) is 8. The van der Waals surface area contributed by atoms with Gasteiger partial charge in [0.05, 0.1) is 11.8 Å². The Bertz CT molecular complexity index is 2100. The molecule has 0 radical (unpaired) electrons. The summed E-state index contributed by atoms with van der Waals surface area (Å²) in [4.78, 5) is 80.2. The first-order valence-electron chi connectivity index (χ1n) is 20.4. The van der Waals surface area contributed by atoms with E-state index in [4.69, 9.17) is 4.74 Å². The molecule has 2 atom stereocenters. The molecule has 1 aromatic heterocycles. The molecule has 0 spiro atoms. The molecule has 16 heteroatoms. The van der Waals surface area contributed by atoms with Crippen LogP contribution in [0, 0.1) is 23.0 Å². The van der Waals surface area contributed by atoms with Gasteiger partial charge < -0.3 is 29.7 Å². The molecule has 61 heavy (non-hydrogen) atoms. The largest absolute Gasteiger partial charge is 0.444 e. The second-order valence-electron chi connectivity index (χ2n) is 17.4. The van der Waals surface area contributed by atoms with Crippen LogP contribution in [0.5, 0.6) is 0 Å². The number of carbonyl (C=O) groups excluding carboxylic acids is 6. The van der Waals surface area contributed by atoms with Crippen molar-refractivity contribution in [1.82, 2.24) is 29.9 Å². The van der Waals surface area contributed by atoms with E-state index >= 15 is 4.39 Å². The fraction of sp³-hybridized carbons (Fsp3) is 0.467. The number of carbonyl (C=O) groups is 6. The number of amides is 6. The highest BCUT2D eigenvalue weighted by Crippen LogP contribution is 2.42. The van der Waals surface area contributed by atoms with Crippen molar-refractivity contribution in [3.05, 3.63) is 95.8 Å². The van der Waals surface area contributed by atoms with Gasteiger partial charge in [0, 0.05) is 86.6 Å². The van der Waals surface area contributed by atoms with Gasteiger partial charge in [0.15, 0.2) is 0 Å². The molecule has 0 bridgehead atoms. The molecule has 1 fully saturated rings. The Kier molecular flexibility index (Phi) is 15.5. The minimum Gasteiger partial charge on any atom is -0.444 e. The van der Waals surface area contributed by atoms with Gasteiger partial charge in [0.2, 0.25) is 17.7 Å². The third-order valence-electron chi connectivity index (χ3n) is 10.2. The summed E-state index contributed by atoms with van der Waals surface area (Å²) >= 11 is 1.31. The summed E-state index contributed by atoms with van der Waals surface area (Å²) in [6.45, 7) is 12.9. The van der Waals surface area contributed by atoms with Crippen LogP contribution in [-0.2, 0) is 35.3 Å². The number of likely N-dealkylation sites (tertiary alicyclic amines) is 1. The lowest BCUT2D eigenvalue weighted by Gasteiger charge is -2.42. The number of benzene rings is 2. The van der Waals surface area contributed by atoms with Crippen LogP contribution in [0.15, 0.2) is 72.9 Å². The van der Waals surface area contributed by atoms with Crippen molar-refractivity contribution in [1.29, 1.82) is 0 Å². The van der Waals surface area contributed by atoms with Crippen LogP contribution >= 0.6 is 11.8 Å². The number of halogens is 2. The van der Waals surface area contributed by atoms with E-state index in [2.05, 4.69) is 10.6 Å². The molecule has 3 heterocycles. The average molecular weight is 863 g/mol. The van der Waals surface area contributed by atoms with E-state index in [9.17, 15) is 33.2 Å². The van der Waals surface area contributed by atoms with Gasteiger partial charge >= 0.3 is 6.09 Å². The third kappa shape index (κ3) is 13.2. The second-order valence-corrected chi connectivity index (χ2v) is 18.5. The molecule has 2 aromatic carbocycles. The van der Waals surface area contributed by atoms with Crippen molar-refractivity contribution < 1.29 is 42.3 Å². The Morgan fingerprint density at radius 1 is 0.918 bits per heavy atom. The van der Waals surface area contributed by atoms with E-state index < -0.39 is 59.1 Å². The molecule has 3 aromatic rings. The Morgan fingerprint density at radius 3 is 2.25 bits per heavy atom. The number of ether oxygens (including phenoxy) is 1. The maximum Gasteiger partial charge on any atom is 0.410 e. The van der Waals surface area contributed by atoms with Crippen molar-refractivity contribution in [2.24, 2.45) is 11.3 Å². The molecule has 2 N–H and O–H groups in total. The lowest BCUT2D eigenvalue weighted by atomic mass is 9.82. The van der Waals surface area contributed by atoms with E-state index in [0.29, 0.717) is 43.9 Å². The quantitative estimate of drug-likeness (QED) is 0.125. The summed E-state index contributed by atoms with van der Waals surface area (Å²) in [6, 6.07) is 14.4. The average Bonchev–Trinajstić information content (AvgIpc) is 3.91. The summed E-state index contributed by atoms with van der Waals surface area (Å²) in [5, 5.41) is 5.30. The predicted molar refractivity (Wildman–Crippen MR) is 229 cm³/mol. The topological polar surface area (TPSA) is 150 Å². The van der Waals surface area contributed by atoms with Crippen molar-refractivity contribution in [2.45, 2.75) is 72.6 Å². The lowest BCUT2D eigenvalue weighted by Crippen LogP contribution is -2.46. The molecule has 2 aliphatic rings. The SMILES string of the molecule is CC(C)(C)OC(=O)N1CCC(CN(C(=O)CSCCC(=O)NCCNC(=O)CN2C(=O)C=CC2=O)[C@@H](c2cc(-c3cc(F)ccc3F)cn2Cc2ccccc2)C(C)(C)C)C1. The predicted octanol–water partition coefficient (Wildman–Crippen LogP) is 5.94. The smallest absolute Gasteiger partial charge is 0.410 e. The molecule has 6 amide bonds. The van der Waals surface area contributed by atoms with E-state index in [1.54, 1.807) is 11.1 Å². The summed E-state index contributed by atoms with van der Waals surface area (Å²) in [5.41, 5.74) is 1.04. The minimum atomic E-state index is -0.669. The van der Waals surface area contributed by atoms with Gasteiger partial charge in [-0.15, -0.1) is 0 Å². The molecule has 328 valence electrons. The van der Waals surface area contributed by atoms with Gasteiger partial charge in [0.25, 0.3) is 11.8 Å². The standard InChI is InChI=1S/C45H56F2N6O7S/c1-44(2,3)42(36-22-32(34-23-33(46)12-13-35(34)47)27-51(36)24-30-10-8-7-9-11-30)53(26-31-16-20-50(25-31)43(59)60-45(4,5)6)41(58)29-61-21-17-37(54)48-18-19-49-38(55)28-52-39(56)14-15-40(52)57/h7-15,22-23,27,31,42H,16-21,24-26,28-29H2,1-6H3,(H,48,54)(H,49,55)/t31?,42-/m0/s1. The molecule has 5 rings (SSSR count). The van der Waals surface area contributed by atoms with E-state index in [1.165, 1.54) is 17.8 Å². The minimum absolute atomic E-state index is 0.0476. The summed E-state index contributed by atoms with van der Waals surface area (Å²) in [7, 11) is 0. The maximum absolute atomic E-state index is 15.3. The van der Waals surface area contributed by atoms with Crippen LogP contribution in [0.4, 0.5) is 13.6 Å². The third-order valence-corrected chi connectivity index (χ3v) is 11.1. The molecule has 0 aliphatic carbocycles. The molecule has 0 saturated carbocycles. The molecular weight excluding hydrogens is 807 g/mol. The molecule has 2 aliphatic heterocycles. The maximum atomic E-state index is 15.3. The van der Waals surface area contributed by atoms with Crippen LogP contribution in [0.2, 0.25) is 0 Å². The zero-order valence-electron chi connectivity index (χ0n) is 35.7. The van der Waals surface area contributed by atoms with Crippen LogP contribution in [0.3, 0.4) is 0 Å². The van der Waals surface area contributed by atoms with Crippen LogP contribution in [0.25, 0.3) is 11.1 Å². The van der Waals surface area contributed by atoms with Gasteiger partial charge in [-0.25, -0.2) is 13.6 Å². The Hall–Kier alpha value is -5.51. The highest BCUT2D eigenvalue weighted by atomic mass is 32.2. The van der Waals surface area contributed by atoms with Gasteiger partial charge in [-0.1, -0.05) is 51.1 Å². The number of hydrogen-bond donors (Lipinski definition) is 2. The van der Waals surface area contributed by atoms with Gasteiger partial charge in [-0.2, -0.15) is 11.8 Å². The van der Waals surface area contributed by atoms with E-state index in [0.717, 1.165) is 40.4 Å². The highest BCUT2D eigenvalue weighted by molar-refractivity contribution is 7.99. The zero-order valence-corrected chi connectivity index (χ0v) is 36.5. The van der Waals surface area contributed by atoms with Crippen molar-refractivity contribution in [3.63, 3.8) is 0 Å². The van der Waals surface area contributed by atoms with E-state index in [1.807, 2.05) is 87.4 Å². The fourth-order valence-corrected chi connectivity index (χ4v) is 8.22. The number of imide groups is 1. The Morgan fingerprint density at radius 2 is 1.59 bits per heavy atom. The first-order chi connectivity index (χ1) is 28.8. The molecule has 1 unspecified atom stereocenters. The van der Waals surface area contributed by atoms with Gasteiger partial charge in [-0.05, 0) is 68.4 Å². The monoisotopic (exact) mass is 862 g/mol.